The van der Waals surface area contributed by atoms with Gasteiger partial charge < -0.3 is 19.5 Å². The van der Waals surface area contributed by atoms with Crippen LogP contribution in [0.15, 0.2) is 41.8 Å². The lowest BCUT2D eigenvalue weighted by Crippen LogP contribution is -2.54. The first-order valence-corrected chi connectivity index (χ1v) is 11.7. The molecule has 0 bridgehead atoms. The number of amides is 1. The number of thioether (sulfide) groups is 1. The largest absolute Gasteiger partial charge is 0.497 e. The van der Waals surface area contributed by atoms with E-state index in [2.05, 4.69) is 50.4 Å². The van der Waals surface area contributed by atoms with Crippen molar-refractivity contribution < 1.29 is 9.53 Å². The Hall–Kier alpha value is -2.39. The number of benzene rings is 1. The lowest BCUT2D eigenvalue weighted by molar-refractivity contribution is -0.130. The molecule has 1 aromatic carbocycles. The molecule has 3 atom stereocenters. The fourth-order valence-corrected chi connectivity index (χ4v) is 5.46. The van der Waals surface area contributed by atoms with E-state index in [0.29, 0.717) is 12.8 Å². The molecule has 1 aromatic rings. The summed E-state index contributed by atoms with van der Waals surface area (Å²) in [6, 6.07) is 8.75. The van der Waals surface area contributed by atoms with Crippen LogP contribution >= 0.6 is 11.8 Å². The minimum absolute atomic E-state index is 0.0854. The van der Waals surface area contributed by atoms with E-state index in [-0.39, 0.29) is 24.2 Å². The monoisotopic (exact) mass is 428 g/mol. The van der Waals surface area contributed by atoms with E-state index in [9.17, 15) is 4.79 Å². The summed E-state index contributed by atoms with van der Waals surface area (Å²) >= 11 is 1.92. The highest BCUT2D eigenvalue weighted by molar-refractivity contribution is 7.99. The number of carbonyl (C=O) groups is 1. The number of hydrogen-bond donors (Lipinski definition) is 2. The maximum atomic E-state index is 12.5. The van der Waals surface area contributed by atoms with Gasteiger partial charge in [0.2, 0.25) is 5.91 Å². The molecule has 4 aliphatic rings. The third-order valence-electron chi connectivity index (χ3n) is 6.26. The van der Waals surface area contributed by atoms with Crippen LogP contribution in [0.25, 0.3) is 0 Å². The topological polar surface area (TPSA) is 72.4 Å². The normalized spacial score (nSPS) is 27.4. The van der Waals surface area contributed by atoms with Crippen molar-refractivity contribution in [1.29, 1.82) is 0 Å². The SMILES string of the molecule is COc1ccc(C2CC3C4NN=C(CCC(=O)N5CCSCC5)N4C=CN3N2)cc1. The second-order valence-electron chi connectivity index (χ2n) is 7.97. The van der Waals surface area contributed by atoms with Gasteiger partial charge in [-0.15, -0.1) is 0 Å². The van der Waals surface area contributed by atoms with Crippen LogP contribution in [0.3, 0.4) is 0 Å². The maximum absolute atomic E-state index is 12.5. The highest BCUT2D eigenvalue weighted by Crippen LogP contribution is 2.34. The Balaban J connectivity index is 1.19. The Morgan fingerprint density at radius 3 is 2.80 bits per heavy atom. The maximum Gasteiger partial charge on any atom is 0.223 e. The Kier molecular flexibility index (Phi) is 5.47. The molecule has 0 spiro atoms. The first-order valence-electron chi connectivity index (χ1n) is 10.6. The molecule has 9 heteroatoms. The Morgan fingerprint density at radius 2 is 2.03 bits per heavy atom. The van der Waals surface area contributed by atoms with Gasteiger partial charge in [-0.05, 0) is 24.1 Å². The number of hydrazine groups is 1. The predicted molar refractivity (Wildman–Crippen MR) is 118 cm³/mol. The van der Waals surface area contributed by atoms with Crippen LogP contribution in [-0.4, -0.2) is 70.5 Å². The molecule has 3 unspecified atom stereocenters. The van der Waals surface area contributed by atoms with Gasteiger partial charge in [0.25, 0.3) is 0 Å². The highest BCUT2D eigenvalue weighted by Gasteiger charge is 2.44. The first kappa shape index (κ1) is 19.6. The molecule has 30 heavy (non-hydrogen) atoms. The third-order valence-corrected chi connectivity index (χ3v) is 7.20. The van der Waals surface area contributed by atoms with Gasteiger partial charge in [-0.25, -0.2) is 5.43 Å². The van der Waals surface area contributed by atoms with E-state index in [1.807, 2.05) is 28.8 Å². The number of fused-ring (bicyclic) bond motifs is 3. The summed E-state index contributed by atoms with van der Waals surface area (Å²) in [6.07, 6.45) is 6.38. The van der Waals surface area contributed by atoms with Crippen molar-refractivity contribution in [2.45, 2.75) is 37.5 Å². The molecule has 1 amide bonds. The van der Waals surface area contributed by atoms with Gasteiger partial charge in [0.1, 0.15) is 17.8 Å². The van der Waals surface area contributed by atoms with E-state index in [1.165, 1.54) is 5.56 Å². The van der Waals surface area contributed by atoms with E-state index in [0.717, 1.165) is 42.6 Å². The molecule has 4 aliphatic heterocycles. The number of ether oxygens (including phenoxy) is 1. The second-order valence-corrected chi connectivity index (χ2v) is 9.19. The number of amidine groups is 1. The minimum Gasteiger partial charge on any atom is -0.497 e. The summed E-state index contributed by atoms with van der Waals surface area (Å²) in [5, 5.41) is 6.75. The second kappa shape index (κ2) is 8.39. The number of hydrazone groups is 1. The molecule has 0 saturated carbocycles. The average Bonchev–Trinajstić information content (AvgIpc) is 3.42. The van der Waals surface area contributed by atoms with Gasteiger partial charge >= 0.3 is 0 Å². The molecule has 4 heterocycles. The van der Waals surface area contributed by atoms with Gasteiger partial charge in [0.15, 0.2) is 0 Å². The van der Waals surface area contributed by atoms with Crippen LogP contribution in [0.2, 0.25) is 0 Å². The molecule has 2 saturated heterocycles. The number of rotatable bonds is 5. The van der Waals surface area contributed by atoms with Gasteiger partial charge in [-0.1, -0.05) is 12.1 Å². The number of nitrogens with one attached hydrogen (secondary N) is 2. The number of methoxy groups -OCH3 is 1. The number of hydrogen-bond acceptors (Lipinski definition) is 8. The van der Waals surface area contributed by atoms with Crippen molar-refractivity contribution in [3.8, 4) is 5.75 Å². The summed E-state index contributed by atoms with van der Waals surface area (Å²) in [7, 11) is 1.69. The summed E-state index contributed by atoms with van der Waals surface area (Å²) in [4.78, 5) is 16.7. The van der Waals surface area contributed by atoms with E-state index in [1.54, 1.807) is 7.11 Å². The summed E-state index contributed by atoms with van der Waals surface area (Å²) in [5.74, 6) is 4.15. The Labute approximate surface area is 181 Å². The van der Waals surface area contributed by atoms with E-state index < -0.39 is 0 Å². The molecule has 2 N–H and O–H groups in total. The third kappa shape index (κ3) is 3.72. The van der Waals surface area contributed by atoms with Crippen molar-refractivity contribution in [2.24, 2.45) is 5.10 Å². The van der Waals surface area contributed by atoms with Crippen LogP contribution < -0.4 is 15.6 Å². The van der Waals surface area contributed by atoms with E-state index >= 15 is 0 Å². The van der Waals surface area contributed by atoms with Crippen molar-refractivity contribution in [3.05, 3.63) is 42.2 Å². The predicted octanol–water partition coefficient (Wildman–Crippen LogP) is 1.70. The molecule has 8 nitrogen and oxygen atoms in total. The zero-order chi connectivity index (χ0) is 20.5. The Morgan fingerprint density at radius 1 is 1.23 bits per heavy atom. The fraction of sp³-hybridized carbons (Fsp3) is 0.524. The van der Waals surface area contributed by atoms with Crippen molar-refractivity contribution >= 4 is 23.5 Å². The molecule has 0 radical (unpaired) electrons. The molecule has 5 rings (SSSR count). The Bertz CT molecular complexity index is 838. The van der Waals surface area contributed by atoms with Crippen LogP contribution in [-0.2, 0) is 4.79 Å². The fourth-order valence-electron chi connectivity index (χ4n) is 4.55. The summed E-state index contributed by atoms with van der Waals surface area (Å²) in [6.45, 7) is 1.74. The molecular weight excluding hydrogens is 400 g/mol. The summed E-state index contributed by atoms with van der Waals surface area (Å²) < 4.78 is 5.27. The molecular formula is C21H28N6O2S. The number of carbonyl (C=O) groups excluding carboxylic acids is 1. The first-order chi connectivity index (χ1) is 14.7. The minimum atomic E-state index is 0.0854. The van der Waals surface area contributed by atoms with E-state index in [4.69, 9.17) is 4.74 Å². The van der Waals surface area contributed by atoms with Crippen LogP contribution in [0, 0.1) is 0 Å². The van der Waals surface area contributed by atoms with Gasteiger partial charge in [-0.2, -0.15) is 16.9 Å². The van der Waals surface area contributed by atoms with Crippen LogP contribution in [0.5, 0.6) is 5.75 Å². The van der Waals surface area contributed by atoms with Crippen molar-refractivity contribution in [3.63, 3.8) is 0 Å². The van der Waals surface area contributed by atoms with Crippen molar-refractivity contribution in [1.82, 2.24) is 25.7 Å². The molecule has 0 aromatic heterocycles. The lowest BCUT2D eigenvalue weighted by atomic mass is 9.99. The zero-order valence-corrected chi connectivity index (χ0v) is 18.0. The summed E-state index contributed by atoms with van der Waals surface area (Å²) in [5.41, 5.74) is 8.14. The lowest BCUT2D eigenvalue weighted by Gasteiger charge is -2.37. The smallest absolute Gasteiger partial charge is 0.223 e. The zero-order valence-electron chi connectivity index (χ0n) is 17.2. The quantitative estimate of drug-likeness (QED) is 0.740. The standard InChI is InChI=1S/C21H28N6O2S/c1-29-16-4-2-15(3-5-16)17-14-18-21-23-22-19(26(21)8-9-27(18)24-17)6-7-20(28)25-10-12-30-13-11-25/h2-5,8-9,17-18,21,23-24H,6-7,10-14H2,1H3. The molecule has 0 aliphatic carbocycles. The highest BCUT2D eigenvalue weighted by atomic mass is 32.2. The van der Waals surface area contributed by atoms with Gasteiger partial charge in [0.05, 0.1) is 19.2 Å². The van der Waals surface area contributed by atoms with Gasteiger partial charge in [0, 0.05) is 49.8 Å². The van der Waals surface area contributed by atoms with Gasteiger partial charge in [-0.3, -0.25) is 10.2 Å². The molecule has 2 fully saturated rings. The molecule has 160 valence electrons. The average molecular weight is 429 g/mol. The number of nitrogens with zero attached hydrogens (tertiary/aromatic N) is 4. The van der Waals surface area contributed by atoms with Crippen LogP contribution in [0.1, 0.15) is 30.9 Å². The van der Waals surface area contributed by atoms with Crippen molar-refractivity contribution in [2.75, 3.05) is 31.7 Å². The van der Waals surface area contributed by atoms with Crippen LogP contribution in [0.4, 0.5) is 0 Å².